The highest BCUT2D eigenvalue weighted by molar-refractivity contribution is 5.79. The molecule has 4 aliphatic rings. The third kappa shape index (κ3) is 6.91. The first-order valence-electron chi connectivity index (χ1n) is 16.3. The van der Waals surface area contributed by atoms with E-state index in [4.69, 9.17) is 4.74 Å². The Morgan fingerprint density at radius 3 is 2.30 bits per heavy atom. The number of likely N-dealkylation sites (tertiary alicyclic amines) is 2. The van der Waals surface area contributed by atoms with Crippen LogP contribution in [0.25, 0.3) is 0 Å². The number of nitrogens with zero attached hydrogens (tertiary/aromatic N) is 4. The molecule has 4 fully saturated rings. The molecule has 2 saturated carbocycles. The molecule has 10 heteroatoms. The van der Waals surface area contributed by atoms with Gasteiger partial charge in [-0.3, -0.25) is 14.9 Å². The number of hydrogen-bond acceptors (Lipinski definition) is 7. The number of hydrogen-bond donors (Lipinski definition) is 1. The van der Waals surface area contributed by atoms with Crippen LogP contribution in [0.2, 0.25) is 0 Å². The standard InChI is InChI=1S/C34H44N4O6/c39-32(27-6-4-5-7-27)36-22-29(34(41,24-36)28-8-2-1-3-9-28)21-35-18-16-30(17-19-35)37(20-25-10-11-25)33(40)44-23-26-12-14-31(15-13-26)38(42)43/h1-3,8-9,12-15,25,27,29-30,41H,4-7,10-11,16-24H2/t29-,34-/m0/s1. The van der Waals surface area contributed by atoms with Crippen molar-refractivity contribution in [1.82, 2.24) is 14.7 Å². The van der Waals surface area contributed by atoms with Crippen LogP contribution in [0.4, 0.5) is 10.5 Å². The quantitative estimate of drug-likeness (QED) is 0.302. The maximum absolute atomic E-state index is 13.4. The second-order valence-electron chi connectivity index (χ2n) is 13.3. The van der Waals surface area contributed by atoms with Crippen LogP contribution in [0, 0.1) is 27.9 Å². The largest absolute Gasteiger partial charge is 0.445 e. The Bertz CT molecular complexity index is 1300. The lowest BCUT2D eigenvalue weighted by Crippen LogP contribution is -2.50. The van der Waals surface area contributed by atoms with Crippen molar-refractivity contribution in [3.63, 3.8) is 0 Å². The van der Waals surface area contributed by atoms with Crippen LogP contribution in [0.15, 0.2) is 54.6 Å². The molecular weight excluding hydrogens is 560 g/mol. The number of amides is 2. The summed E-state index contributed by atoms with van der Waals surface area (Å²) in [6.07, 6.45) is 7.67. The lowest BCUT2D eigenvalue weighted by atomic mass is 9.83. The Morgan fingerprint density at radius 2 is 1.66 bits per heavy atom. The number of carbonyl (C=O) groups excluding carboxylic acids is 2. The second-order valence-corrected chi connectivity index (χ2v) is 13.3. The molecule has 2 atom stereocenters. The van der Waals surface area contributed by atoms with Gasteiger partial charge in [-0.1, -0.05) is 43.2 Å². The zero-order chi connectivity index (χ0) is 30.7. The third-order valence-corrected chi connectivity index (χ3v) is 10.2. The van der Waals surface area contributed by atoms with Gasteiger partial charge in [-0.15, -0.1) is 0 Å². The Kier molecular flexibility index (Phi) is 9.18. The van der Waals surface area contributed by atoms with Gasteiger partial charge < -0.3 is 24.5 Å². The third-order valence-electron chi connectivity index (χ3n) is 10.2. The van der Waals surface area contributed by atoms with E-state index in [1.54, 1.807) is 12.1 Å². The van der Waals surface area contributed by atoms with Gasteiger partial charge in [0.2, 0.25) is 5.91 Å². The van der Waals surface area contributed by atoms with E-state index in [1.807, 2.05) is 40.1 Å². The van der Waals surface area contributed by atoms with Gasteiger partial charge in [0.1, 0.15) is 12.2 Å². The Labute approximate surface area is 259 Å². The van der Waals surface area contributed by atoms with E-state index in [0.717, 1.165) is 70.0 Å². The van der Waals surface area contributed by atoms with Crippen LogP contribution in [-0.4, -0.2) is 82.0 Å². The van der Waals surface area contributed by atoms with Crippen LogP contribution in [-0.2, 0) is 21.7 Å². The van der Waals surface area contributed by atoms with Crippen molar-refractivity contribution in [2.45, 2.75) is 69.6 Å². The van der Waals surface area contributed by atoms with Gasteiger partial charge in [0, 0.05) is 62.7 Å². The van der Waals surface area contributed by atoms with E-state index in [2.05, 4.69) is 4.90 Å². The first kappa shape index (κ1) is 30.5. The first-order chi connectivity index (χ1) is 21.3. The van der Waals surface area contributed by atoms with Gasteiger partial charge in [0.05, 0.1) is 11.5 Å². The number of nitro groups is 1. The predicted octanol–water partition coefficient (Wildman–Crippen LogP) is 4.94. The molecule has 44 heavy (non-hydrogen) atoms. The fourth-order valence-electron chi connectivity index (χ4n) is 7.38. The van der Waals surface area contributed by atoms with Crippen molar-refractivity contribution in [3.05, 3.63) is 75.8 Å². The molecule has 1 N–H and O–H groups in total. The number of carbonyl (C=O) groups is 2. The molecule has 2 aromatic rings. The second kappa shape index (κ2) is 13.2. The van der Waals surface area contributed by atoms with Crippen molar-refractivity contribution < 1.29 is 24.4 Å². The van der Waals surface area contributed by atoms with Crippen LogP contribution >= 0.6 is 0 Å². The lowest BCUT2D eigenvalue weighted by Gasteiger charge is -2.40. The molecule has 0 radical (unpaired) electrons. The summed E-state index contributed by atoms with van der Waals surface area (Å²) in [4.78, 5) is 43.4. The molecule has 2 amide bonds. The van der Waals surface area contributed by atoms with E-state index >= 15 is 0 Å². The summed E-state index contributed by atoms with van der Waals surface area (Å²) in [6, 6.07) is 16.0. The highest BCUT2D eigenvalue weighted by atomic mass is 16.6. The molecular formula is C34H44N4O6. The molecule has 236 valence electrons. The van der Waals surface area contributed by atoms with Crippen molar-refractivity contribution in [2.24, 2.45) is 17.8 Å². The minimum atomic E-state index is -1.09. The van der Waals surface area contributed by atoms with E-state index in [-0.39, 0.29) is 42.2 Å². The summed E-state index contributed by atoms with van der Waals surface area (Å²) < 4.78 is 5.69. The number of nitro benzene ring substituents is 1. The zero-order valence-electron chi connectivity index (χ0n) is 25.4. The number of β-amino-alcohol motifs (C(OH)–C–C–N with tert-alkyl or cyclic N) is 1. The molecule has 2 saturated heterocycles. The number of piperidine rings is 1. The smallest absolute Gasteiger partial charge is 0.410 e. The van der Waals surface area contributed by atoms with Crippen molar-refractivity contribution in [1.29, 1.82) is 0 Å². The van der Waals surface area contributed by atoms with Gasteiger partial charge in [0.15, 0.2) is 0 Å². The number of rotatable bonds is 10. The molecule has 2 aliphatic heterocycles. The molecule has 0 aromatic heterocycles. The summed E-state index contributed by atoms with van der Waals surface area (Å²) in [7, 11) is 0. The average molecular weight is 605 g/mol. The van der Waals surface area contributed by atoms with Gasteiger partial charge in [-0.05, 0) is 67.7 Å². The molecule has 2 heterocycles. The lowest BCUT2D eigenvalue weighted by molar-refractivity contribution is -0.384. The number of non-ortho nitro benzene ring substituents is 1. The van der Waals surface area contributed by atoms with Gasteiger partial charge in [-0.2, -0.15) is 0 Å². The maximum Gasteiger partial charge on any atom is 0.410 e. The minimum Gasteiger partial charge on any atom is -0.445 e. The molecule has 2 aromatic carbocycles. The van der Waals surface area contributed by atoms with E-state index in [1.165, 1.54) is 12.1 Å². The summed E-state index contributed by atoms with van der Waals surface area (Å²) in [6.45, 7) is 3.97. The molecule has 0 spiro atoms. The van der Waals surface area contributed by atoms with Gasteiger partial charge in [-0.25, -0.2) is 4.79 Å². The Morgan fingerprint density at radius 1 is 0.977 bits per heavy atom. The summed E-state index contributed by atoms with van der Waals surface area (Å²) in [5.74, 6) is 0.701. The van der Waals surface area contributed by atoms with Crippen LogP contribution < -0.4 is 0 Å². The molecule has 0 unspecified atom stereocenters. The normalized spacial score (nSPS) is 24.8. The van der Waals surface area contributed by atoms with Gasteiger partial charge >= 0.3 is 6.09 Å². The fourth-order valence-corrected chi connectivity index (χ4v) is 7.38. The summed E-state index contributed by atoms with van der Waals surface area (Å²) in [5, 5.41) is 23.0. The van der Waals surface area contributed by atoms with E-state index in [0.29, 0.717) is 37.7 Å². The molecule has 10 nitrogen and oxygen atoms in total. The molecule has 0 bridgehead atoms. The predicted molar refractivity (Wildman–Crippen MR) is 165 cm³/mol. The average Bonchev–Trinajstić information content (AvgIpc) is 3.57. The number of benzene rings is 2. The van der Waals surface area contributed by atoms with Crippen molar-refractivity contribution in [3.8, 4) is 0 Å². The number of ether oxygens (including phenoxy) is 1. The minimum absolute atomic E-state index is 0.00938. The van der Waals surface area contributed by atoms with Crippen LogP contribution in [0.3, 0.4) is 0 Å². The topological polar surface area (TPSA) is 116 Å². The fraction of sp³-hybridized carbons (Fsp3) is 0.588. The molecule has 2 aliphatic carbocycles. The van der Waals surface area contributed by atoms with Crippen molar-refractivity contribution >= 4 is 17.7 Å². The molecule has 6 rings (SSSR count). The van der Waals surface area contributed by atoms with Gasteiger partial charge in [0.25, 0.3) is 5.69 Å². The van der Waals surface area contributed by atoms with Crippen LogP contribution in [0.1, 0.15) is 62.5 Å². The highest BCUT2D eigenvalue weighted by Crippen LogP contribution is 2.40. The van der Waals surface area contributed by atoms with Crippen molar-refractivity contribution in [2.75, 3.05) is 39.3 Å². The Hall–Kier alpha value is -3.50. The zero-order valence-corrected chi connectivity index (χ0v) is 25.4. The monoisotopic (exact) mass is 604 g/mol. The van der Waals surface area contributed by atoms with E-state index in [9.17, 15) is 24.8 Å². The Balaban J connectivity index is 1.07. The SMILES string of the molecule is O=C(C1CCCC1)N1C[C@H](CN2CCC(N(CC3CC3)C(=O)OCc3ccc([N+](=O)[O-])cc3)CC2)[C@@](O)(c2ccccc2)C1. The number of aliphatic hydroxyl groups is 1. The maximum atomic E-state index is 13.4. The highest BCUT2D eigenvalue weighted by Gasteiger charge is 2.49. The summed E-state index contributed by atoms with van der Waals surface area (Å²) >= 11 is 0. The van der Waals surface area contributed by atoms with E-state index < -0.39 is 10.5 Å². The van der Waals surface area contributed by atoms with Crippen LogP contribution in [0.5, 0.6) is 0 Å². The summed E-state index contributed by atoms with van der Waals surface area (Å²) in [5.41, 5.74) is 0.502. The first-order valence-corrected chi connectivity index (χ1v) is 16.3.